The van der Waals surface area contributed by atoms with Crippen molar-refractivity contribution in [3.05, 3.63) is 83.7 Å². The molecule has 2 amide bonds. The van der Waals surface area contributed by atoms with Crippen molar-refractivity contribution in [2.75, 3.05) is 10.0 Å². The minimum atomic E-state index is -3.89. The summed E-state index contributed by atoms with van der Waals surface area (Å²) in [5.74, 6) is -0.619. The molecule has 0 aliphatic heterocycles. The van der Waals surface area contributed by atoms with Crippen molar-refractivity contribution in [3.63, 3.8) is 0 Å². The summed E-state index contributed by atoms with van der Waals surface area (Å²) in [5.41, 5.74) is 2.96. The number of nitrogens with one attached hydrogen (secondary N) is 3. The predicted octanol–water partition coefficient (Wildman–Crippen LogP) is 3.08. The summed E-state index contributed by atoms with van der Waals surface area (Å²) in [6.07, 6.45) is 2.68. The first-order chi connectivity index (χ1) is 14.7. The van der Waals surface area contributed by atoms with Crippen molar-refractivity contribution >= 4 is 33.2 Å². The van der Waals surface area contributed by atoms with Crippen molar-refractivity contribution in [2.45, 2.75) is 25.3 Å². The fourth-order valence-electron chi connectivity index (χ4n) is 2.75. The predicted molar refractivity (Wildman–Crippen MR) is 118 cm³/mol. The Labute approximate surface area is 180 Å². The number of carbonyl (C=O) groups excluding carboxylic acids is 2. The number of amides is 2. The van der Waals surface area contributed by atoms with Gasteiger partial charge in [0, 0.05) is 25.4 Å². The van der Waals surface area contributed by atoms with Crippen molar-refractivity contribution in [3.8, 4) is 0 Å². The molecule has 160 valence electrons. The van der Waals surface area contributed by atoms with Gasteiger partial charge in [0.05, 0.1) is 22.3 Å². The Hall–Kier alpha value is -3.72. The molecule has 0 saturated carbocycles. The molecule has 8 nitrogen and oxygen atoms in total. The van der Waals surface area contributed by atoms with Crippen LogP contribution in [0, 0.1) is 6.92 Å². The summed E-state index contributed by atoms with van der Waals surface area (Å²) in [6.45, 7) is 3.69. The molecular weight excluding hydrogens is 416 g/mol. The molecule has 0 atom stereocenters. The Morgan fingerprint density at radius 2 is 1.61 bits per heavy atom. The number of aryl methyl sites for hydroxylation is 1. The molecule has 0 fully saturated rings. The van der Waals surface area contributed by atoms with Gasteiger partial charge in [-0.3, -0.25) is 19.3 Å². The molecule has 9 heteroatoms. The number of aromatic nitrogens is 1. The summed E-state index contributed by atoms with van der Waals surface area (Å²) in [6, 6.07) is 14.9. The Balaban J connectivity index is 1.68. The number of nitrogens with zero attached hydrogens (tertiary/aromatic N) is 1. The Morgan fingerprint density at radius 3 is 2.26 bits per heavy atom. The number of rotatable bonds is 7. The van der Waals surface area contributed by atoms with Crippen LogP contribution in [0.1, 0.15) is 28.4 Å². The Kier molecular flexibility index (Phi) is 6.66. The first kappa shape index (κ1) is 22.0. The highest BCUT2D eigenvalue weighted by atomic mass is 32.2. The molecule has 0 aliphatic carbocycles. The molecule has 0 bridgehead atoms. The molecular formula is C22H22N4O4S. The molecule has 31 heavy (non-hydrogen) atoms. The van der Waals surface area contributed by atoms with Gasteiger partial charge < -0.3 is 10.6 Å². The van der Waals surface area contributed by atoms with E-state index in [0.717, 1.165) is 11.1 Å². The van der Waals surface area contributed by atoms with E-state index < -0.39 is 10.0 Å². The van der Waals surface area contributed by atoms with Gasteiger partial charge in [0.25, 0.3) is 15.9 Å². The van der Waals surface area contributed by atoms with Gasteiger partial charge in [-0.25, -0.2) is 8.42 Å². The molecule has 0 aliphatic rings. The highest BCUT2D eigenvalue weighted by Crippen LogP contribution is 2.18. The maximum absolute atomic E-state index is 12.6. The van der Waals surface area contributed by atoms with Gasteiger partial charge in [-0.05, 0) is 42.8 Å². The normalized spacial score (nSPS) is 10.9. The van der Waals surface area contributed by atoms with E-state index in [1.807, 2.05) is 31.2 Å². The minimum absolute atomic E-state index is 0.0100. The first-order valence-corrected chi connectivity index (χ1v) is 10.9. The fourth-order valence-corrected chi connectivity index (χ4v) is 3.78. The number of anilines is 2. The molecule has 3 rings (SSSR count). The number of benzene rings is 2. The van der Waals surface area contributed by atoms with Gasteiger partial charge in [-0.15, -0.1) is 0 Å². The maximum Gasteiger partial charge on any atom is 0.261 e. The topological polar surface area (TPSA) is 117 Å². The van der Waals surface area contributed by atoms with E-state index in [-0.39, 0.29) is 28.0 Å². The molecule has 3 aromatic rings. The zero-order chi connectivity index (χ0) is 22.4. The highest BCUT2D eigenvalue weighted by Gasteiger charge is 2.16. The van der Waals surface area contributed by atoms with Crippen LogP contribution in [0.15, 0.2) is 71.9 Å². The lowest BCUT2D eigenvalue weighted by atomic mass is 10.1. The number of carbonyl (C=O) groups is 2. The van der Waals surface area contributed by atoms with Crippen LogP contribution in [-0.2, 0) is 21.4 Å². The SMILES string of the molecule is CC(=O)Nc1ccc(S(=O)(=O)Nc2cncc(C(=O)NCc3ccc(C)cc3)c2)cc1. The third-order valence-electron chi connectivity index (χ3n) is 4.31. The van der Waals surface area contributed by atoms with Crippen molar-refractivity contribution in [1.82, 2.24) is 10.3 Å². The van der Waals surface area contributed by atoms with Crippen molar-refractivity contribution < 1.29 is 18.0 Å². The summed E-state index contributed by atoms with van der Waals surface area (Å²) in [5, 5.41) is 5.36. The van der Waals surface area contributed by atoms with Gasteiger partial charge in [-0.2, -0.15) is 0 Å². The van der Waals surface area contributed by atoms with Gasteiger partial charge in [0.2, 0.25) is 5.91 Å². The average Bonchev–Trinajstić information content (AvgIpc) is 2.73. The molecule has 0 saturated heterocycles. The van der Waals surface area contributed by atoms with Crippen LogP contribution in [0.2, 0.25) is 0 Å². The second kappa shape index (κ2) is 9.40. The van der Waals surface area contributed by atoms with Crippen LogP contribution < -0.4 is 15.4 Å². The smallest absolute Gasteiger partial charge is 0.261 e. The second-order valence-electron chi connectivity index (χ2n) is 6.94. The van der Waals surface area contributed by atoms with E-state index in [4.69, 9.17) is 0 Å². The summed E-state index contributed by atoms with van der Waals surface area (Å²) >= 11 is 0. The summed E-state index contributed by atoms with van der Waals surface area (Å²) in [4.78, 5) is 27.5. The zero-order valence-corrected chi connectivity index (χ0v) is 17.9. The van der Waals surface area contributed by atoms with Gasteiger partial charge in [0.1, 0.15) is 0 Å². The molecule has 0 unspecified atom stereocenters. The minimum Gasteiger partial charge on any atom is -0.348 e. The van der Waals surface area contributed by atoms with Crippen molar-refractivity contribution in [1.29, 1.82) is 0 Å². The quantitative estimate of drug-likeness (QED) is 0.524. The molecule has 0 radical (unpaired) electrons. The summed E-state index contributed by atoms with van der Waals surface area (Å²) in [7, 11) is -3.89. The first-order valence-electron chi connectivity index (χ1n) is 9.42. The van der Waals surface area contributed by atoms with E-state index in [2.05, 4.69) is 20.3 Å². The maximum atomic E-state index is 12.6. The van der Waals surface area contributed by atoms with E-state index >= 15 is 0 Å². The molecule has 0 spiro atoms. The van der Waals surface area contributed by atoms with Crippen LogP contribution in [0.25, 0.3) is 0 Å². The van der Waals surface area contributed by atoms with Crippen LogP contribution in [0.4, 0.5) is 11.4 Å². The standard InChI is InChI=1S/C22H22N4O4S/c1-15-3-5-17(6-4-15)12-24-22(28)18-11-20(14-23-13-18)26-31(29,30)21-9-7-19(8-10-21)25-16(2)27/h3-11,13-14,26H,12H2,1-2H3,(H,24,28)(H,25,27). The van der Waals surface area contributed by atoms with Gasteiger partial charge in [0.15, 0.2) is 0 Å². The average molecular weight is 439 g/mol. The molecule has 1 aromatic heterocycles. The van der Waals surface area contributed by atoms with E-state index in [0.29, 0.717) is 12.2 Å². The van der Waals surface area contributed by atoms with E-state index in [9.17, 15) is 18.0 Å². The lowest BCUT2D eigenvalue weighted by molar-refractivity contribution is -0.114. The number of sulfonamides is 1. The largest absolute Gasteiger partial charge is 0.348 e. The van der Waals surface area contributed by atoms with Gasteiger partial charge >= 0.3 is 0 Å². The van der Waals surface area contributed by atoms with E-state index in [1.165, 1.54) is 49.6 Å². The van der Waals surface area contributed by atoms with Crippen LogP contribution >= 0.6 is 0 Å². The lowest BCUT2D eigenvalue weighted by Crippen LogP contribution is -2.23. The van der Waals surface area contributed by atoms with Crippen LogP contribution in [0.3, 0.4) is 0 Å². The highest BCUT2D eigenvalue weighted by molar-refractivity contribution is 7.92. The second-order valence-corrected chi connectivity index (χ2v) is 8.62. The van der Waals surface area contributed by atoms with Crippen LogP contribution in [0.5, 0.6) is 0 Å². The third-order valence-corrected chi connectivity index (χ3v) is 5.71. The molecule has 3 N–H and O–H groups in total. The zero-order valence-electron chi connectivity index (χ0n) is 17.0. The monoisotopic (exact) mass is 438 g/mol. The van der Waals surface area contributed by atoms with Gasteiger partial charge in [-0.1, -0.05) is 29.8 Å². The third kappa shape index (κ3) is 6.13. The number of pyridine rings is 1. The van der Waals surface area contributed by atoms with Crippen molar-refractivity contribution in [2.24, 2.45) is 0 Å². The fraction of sp³-hybridized carbons (Fsp3) is 0.136. The van der Waals surface area contributed by atoms with Crippen LogP contribution in [-0.4, -0.2) is 25.2 Å². The number of hydrogen-bond acceptors (Lipinski definition) is 5. The summed E-state index contributed by atoms with van der Waals surface area (Å²) < 4.78 is 27.7. The molecule has 1 heterocycles. The number of hydrogen-bond donors (Lipinski definition) is 3. The van der Waals surface area contributed by atoms with E-state index in [1.54, 1.807) is 0 Å². The Bertz CT molecular complexity index is 1190. The molecule has 2 aromatic carbocycles. The Morgan fingerprint density at radius 1 is 0.935 bits per heavy atom. The lowest BCUT2D eigenvalue weighted by Gasteiger charge is -2.10.